The summed E-state index contributed by atoms with van der Waals surface area (Å²) >= 11 is 0. The van der Waals surface area contributed by atoms with Gasteiger partial charge >= 0.3 is 0 Å². The van der Waals surface area contributed by atoms with Crippen molar-refractivity contribution in [1.82, 2.24) is 4.90 Å². The van der Waals surface area contributed by atoms with Gasteiger partial charge in [0.2, 0.25) is 11.8 Å². The highest BCUT2D eigenvalue weighted by Gasteiger charge is 2.34. The van der Waals surface area contributed by atoms with Crippen molar-refractivity contribution in [2.75, 3.05) is 11.9 Å². The van der Waals surface area contributed by atoms with E-state index in [4.69, 9.17) is 0 Å². The van der Waals surface area contributed by atoms with Gasteiger partial charge in [0.25, 0.3) is 0 Å². The lowest BCUT2D eigenvalue weighted by Gasteiger charge is -2.17. The molecule has 23 heavy (non-hydrogen) atoms. The molecule has 0 aromatic heterocycles. The quantitative estimate of drug-likeness (QED) is 0.944. The largest absolute Gasteiger partial charge is 0.338 e. The van der Waals surface area contributed by atoms with Crippen molar-refractivity contribution in [3.05, 3.63) is 65.7 Å². The number of nitrogens with one attached hydrogen (secondary N) is 1. The normalized spacial score (nSPS) is 17.3. The molecule has 118 valence electrons. The van der Waals surface area contributed by atoms with E-state index in [0.717, 1.165) is 11.3 Å². The Morgan fingerprint density at radius 3 is 2.52 bits per heavy atom. The number of likely N-dealkylation sites (tertiary alicyclic amines) is 1. The smallest absolute Gasteiger partial charge is 0.229 e. The molecule has 3 rings (SSSR count). The van der Waals surface area contributed by atoms with Gasteiger partial charge in [0.05, 0.1) is 5.92 Å². The number of benzene rings is 2. The molecule has 0 spiro atoms. The summed E-state index contributed by atoms with van der Waals surface area (Å²) in [5.74, 6) is -0.331. The summed E-state index contributed by atoms with van der Waals surface area (Å²) in [6, 6.07) is 17.5. The molecular weight excluding hydrogens is 288 g/mol. The number of para-hydroxylation sites is 1. The maximum atomic E-state index is 12.3. The maximum absolute atomic E-state index is 12.3. The Labute approximate surface area is 136 Å². The molecule has 0 saturated carbocycles. The van der Waals surface area contributed by atoms with Crippen LogP contribution in [0, 0.1) is 12.8 Å². The third-order valence-electron chi connectivity index (χ3n) is 4.12. The second kappa shape index (κ2) is 6.65. The number of hydrogen-bond donors (Lipinski definition) is 1. The van der Waals surface area contributed by atoms with Crippen LogP contribution in [-0.2, 0) is 16.1 Å². The van der Waals surface area contributed by atoms with E-state index in [1.807, 2.05) is 61.5 Å². The number of aryl methyl sites for hydroxylation is 1. The highest BCUT2D eigenvalue weighted by molar-refractivity contribution is 5.97. The van der Waals surface area contributed by atoms with E-state index in [0.29, 0.717) is 13.1 Å². The van der Waals surface area contributed by atoms with Crippen LogP contribution in [0.3, 0.4) is 0 Å². The van der Waals surface area contributed by atoms with Crippen molar-refractivity contribution < 1.29 is 9.59 Å². The van der Waals surface area contributed by atoms with Crippen LogP contribution in [0.25, 0.3) is 0 Å². The van der Waals surface area contributed by atoms with Gasteiger partial charge < -0.3 is 10.2 Å². The molecule has 1 atom stereocenters. The fourth-order valence-corrected chi connectivity index (χ4v) is 2.78. The fraction of sp³-hybridized carbons (Fsp3) is 0.263. The van der Waals surface area contributed by atoms with Gasteiger partial charge in [0.15, 0.2) is 0 Å². The maximum Gasteiger partial charge on any atom is 0.229 e. The minimum Gasteiger partial charge on any atom is -0.338 e. The van der Waals surface area contributed by atoms with Gasteiger partial charge in [-0.15, -0.1) is 0 Å². The van der Waals surface area contributed by atoms with Crippen molar-refractivity contribution in [3.63, 3.8) is 0 Å². The van der Waals surface area contributed by atoms with Crippen LogP contribution in [0.5, 0.6) is 0 Å². The van der Waals surface area contributed by atoms with Crippen LogP contribution >= 0.6 is 0 Å². The number of carbonyl (C=O) groups excluding carboxylic acids is 2. The van der Waals surface area contributed by atoms with Crippen LogP contribution in [0.2, 0.25) is 0 Å². The molecule has 0 radical (unpaired) electrons. The summed E-state index contributed by atoms with van der Waals surface area (Å²) in [5.41, 5.74) is 3.05. The second-order valence-electron chi connectivity index (χ2n) is 6.02. The lowest BCUT2D eigenvalue weighted by Crippen LogP contribution is -2.28. The van der Waals surface area contributed by atoms with Gasteiger partial charge in [-0.2, -0.15) is 0 Å². The average Bonchev–Trinajstić information content (AvgIpc) is 2.92. The summed E-state index contributed by atoms with van der Waals surface area (Å²) in [6.07, 6.45) is 0.282. The third kappa shape index (κ3) is 3.77. The molecule has 1 aliphatic rings. The first-order valence-corrected chi connectivity index (χ1v) is 7.81. The minimum absolute atomic E-state index is 0.0405. The van der Waals surface area contributed by atoms with Gasteiger partial charge in [-0.3, -0.25) is 9.59 Å². The molecule has 0 unspecified atom stereocenters. The van der Waals surface area contributed by atoms with Crippen LogP contribution in [0.1, 0.15) is 17.5 Å². The first-order valence-electron chi connectivity index (χ1n) is 7.81. The Bertz CT molecular complexity index is 695. The Hall–Kier alpha value is -2.62. The monoisotopic (exact) mass is 308 g/mol. The van der Waals surface area contributed by atoms with E-state index in [2.05, 4.69) is 5.32 Å². The minimum atomic E-state index is -0.284. The average molecular weight is 308 g/mol. The van der Waals surface area contributed by atoms with Crippen molar-refractivity contribution in [2.45, 2.75) is 19.9 Å². The molecular formula is C19H20N2O2. The van der Waals surface area contributed by atoms with Gasteiger partial charge in [0, 0.05) is 25.2 Å². The number of carbonyl (C=O) groups is 2. The number of rotatable bonds is 4. The van der Waals surface area contributed by atoms with E-state index < -0.39 is 0 Å². The lowest BCUT2D eigenvalue weighted by atomic mass is 10.1. The molecule has 0 bridgehead atoms. The molecule has 2 amide bonds. The molecule has 2 aromatic carbocycles. The van der Waals surface area contributed by atoms with E-state index in [1.54, 1.807) is 4.90 Å². The fourth-order valence-electron chi connectivity index (χ4n) is 2.78. The van der Waals surface area contributed by atoms with E-state index >= 15 is 0 Å². The topological polar surface area (TPSA) is 49.4 Å². The third-order valence-corrected chi connectivity index (χ3v) is 4.12. The summed E-state index contributed by atoms with van der Waals surface area (Å²) in [7, 11) is 0. The molecule has 4 nitrogen and oxygen atoms in total. The van der Waals surface area contributed by atoms with Crippen LogP contribution < -0.4 is 5.32 Å². The molecule has 4 heteroatoms. The standard InChI is InChI=1S/C19H20N2O2/c1-14-7-9-15(10-8-14)12-21-13-16(11-18(21)22)19(23)20-17-5-3-2-4-6-17/h2-10,16H,11-13H2,1H3,(H,20,23)/t16-/m1/s1. The zero-order chi connectivity index (χ0) is 16.2. The van der Waals surface area contributed by atoms with E-state index in [9.17, 15) is 9.59 Å². The molecule has 0 aliphatic carbocycles. The van der Waals surface area contributed by atoms with Crippen LogP contribution in [0.15, 0.2) is 54.6 Å². The predicted molar refractivity (Wildman–Crippen MR) is 89.8 cm³/mol. The predicted octanol–water partition coefficient (Wildman–Crippen LogP) is 2.98. The highest BCUT2D eigenvalue weighted by Crippen LogP contribution is 2.22. The Balaban J connectivity index is 1.60. The van der Waals surface area contributed by atoms with Crippen molar-refractivity contribution in [2.24, 2.45) is 5.92 Å². The molecule has 1 aliphatic heterocycles. The zero-order valence-electron chi connectivity index (χ0n) is 13.2. The van der Waals surface area contributed by atoms with Crippen molar-refractivity contribution in [1.29, 1.82) is 0 Å². The summed E-state index contributed by atoms with van der Waals surface area (Å²) in [4.78, 5) is 26.2. The zero-order valence-corrected chi connectivity index (χ0v) is 13.2. The molecule has 1 heterocycles. The Morgan fingerprint density at radius 1 is 1.13 bits per heavy atom. The number of nitrogens with zero attached hydrogens (tertiary/aromatic N) is 1. The second-order valence-corrected chi connectivity index (χ2v) is 6.02. The number of amides is 2. The Kier molecular flexibility index (Phi) is 4.42. The van der Waals surface area contributed by atoms with E-state index in [1.165, 1.54) is 5.56 Å². The van der Waals surface area contributed by atoms with Crippen LogP contribution in [-0.4, -0.2) is 23.3 Å². The van der Waals surface area contributed by atoms with Crippen molar-refractivity contribution in [3.8, 4) is 0 Å². The summed E-state index contributed by atoms with van der Waals surface area (Å²) in [5, 5.41) is 2.88. The number of hydrogen-bond acceptors (Lipinski definition) is 2. The first kappa shape index (κ1) is 15.3. The van der Waals surface area contributed by atoms with Gasteiger partial charge in [0.1, 0.15) is 0 Å². The van der Waals surface area contributed by atoms with Gasteiger partial charge in [-0.05, 0) is 24.6 Å². The van der Waals surface area contributed by atoms with Crippen LogP contribution in [0.4, 0.5) is 5.69 Å². The molecule has 1 fully saturated rings. The molecule has 2 aromatic rings. The molecule has 1 N–H and O–H groups in total. The van der Waals surface area contributed by atoms with E-state index in [-0.39, 0.29) is 24.2 Å². The lowest BCUT2D eigenvalue weighted by molar-refractivity contribution is -0.128. The summed E-state index contributed by atoms with van der Waals surface area (Å²) in [6.45, 7) is 3.08. The van der Waals surface area contributed by atoms with Crippen molar-refractivity contribution >= 4 is 17.5 Å². The highest BCUT2D eigenvalue weighted by atomic mass is 16.2. The Morgan fingerprint density at radius 2 is 1.83 bits per heavy atom. The van der Waals surface area contributed by atoms with Gasteiger partial charge in [-0.1, -0.05) is 48.0 Å². The summed E-state index contributed by atoms with van der Waals surface area (Å²) < 4.78 is 0. The SMILES string of the molecule is Cc1ccc(CN2C[C@H](C(=O)Nc3ccccc3)CC2=O)cc1. The first-order chi connectivity index (χ1) is 11.1. The molecule has 1 saturated heterocycles. The number of anilines is 1. The van der Waals surface area contributed by atoms with Gasteiger partial charge in [-0.25, -0.2) is 0 Å².